The van der Waals surface area contributed by atoms with Gasteiger partial charge in [0, 0.05) is 12.7 Å². The predicted molar refractivity (Wildman–Crippen MR) is 166 cm³/mol. The maximum Gasteiger partial charge on any atom is 0.337 e. The van der Waals surface area contributed by atoms with Gasteiger partial charge in [-0.1, -0.05) is 89.0 Å². The summed E-state index contributed by atoms with van der Waals surface area (Å²) in [5.41, 5.74) is 1.48. The lowest BCUT2D eigenvalue weighted by atomic mass is 10.1. The highest BCUT2D eigenvalue weighted by Gasteiger charge is 2.08. The second kappa shape index (κ2) is 22.1. The number of hydrogen-bond acceptors (Lipinski definition) is 7. The number of ether oxygens (including phenoxy) is 1. The molecule has 1 aromatic heterocycles. The molecule has 3 N–H and O–H groups in total. The van der Waals surface area contributed by atoms with Crippen LogP contribution in [0.5, 0.6) is 0 Å². The second-order valence-electron chi connectivity index (χ2n) is 9.92. The number of rotatable bonds is 16. The van der Waals surface area contributed by atoms with Crippen molar-refractivity contribution in [2.45, 2.75) is 89.0 Å². The second-order valence-corrected chi connectivity index (χ2v) is 11.3. The molecule has 3 aromatic rings. The first-order valence-electron chi connectivity index (χ1n) is 14.7. The first-order valence-corrected chi connectivity index (χ1v) is 16.1. The van der Waals surface area contributed by atoms with Gasteiger partial charge in [-0.25, -0.2) is 14.6 Å². The monoisotopic (exact) mass is 618 g/mol. The molecule has 43 heavy (non-hydrogen) atoms. The minimum atomic E-state index is -4.00. The van der Waals surface area contributed by atoms with E-state index < -0.39 is 22.1 Å². The van der Waals surface area contributed by atoms with Crippen LogP contribution < -0.4 is 0 Å². The number of aryl methyl sites for hydroxylation is 1. The van der Waals surface area contributed by atoms with Gasteiger partial charge >= 0.3 is 11.9 Å². The molecular formula is C32H46N2O8S. The van der Waals surface area contributed by atoms with Gasteiger partial charge in [0.05, 0.1) is 41.8 Å². The quantitative estimate of drug-likeness (QED) is 0.0933. The Labute approximate surface area is 255 Å². The molecule has 0 fully saturated rings. The van der Waals surface area contributed by atoms with Gasteiger partial charge in [0.15, 0.2) is 0 Å². The number of aromatic nitrogens is 2. The molecule has 10 nitrogen and oxygen atoms in total. The Morgan fingerprint density at radius 2 is 1.44 bits per heavy atom. The molecule has 3 rings (SSSR count). The highest BCUT2D eigenvalue weighted by molar-refractivity contribution is 7.85. The Hall–Kier alpha value is -3.54. The van der Waals surface area contributed by atoms with Gasteiger partial charge in [0.25, 0.3) is 10.1 Å². The standard InChI is InChI=1S/C17H32N2O.C9H8O4.C6H6O3S/c1-2-3-4-5-6-7-8-9-10-11-12-17-15-19(13-14-20)16-18-17;1-13-9(12)7-4-2-3-6(5-7)8(10)11;7-10(8,9)6-4-2-1-3-5-6/h15-16,20H,2-14H2,1H3;2-5H,1H3,(H,10,11);1-5H,(H,7,8,9). The molecule has 11 heteroatoms. The molecule has 0 aliphatic rings. The van der Waals surface area contributed by atoms with Crippen LogP contribution in [-0.2, 0) is 27.8 Å². The fourth-order valence-corrected chi connectivity index (χ4v) is 4.56. The molecule has 0 saturated heterocycles. The number of unbranched alkanes of at least 4 members (excludes halogenated alkanes) is 9. The van der Waals surface area contributed by atoms with Gasteiger partial charge < -0.3 is 19.5 Å². The Kier molecular flexibility index (Phi) is 19.2. The van der Waals surface area contributed by atoms with Crippen LogP contribution in [0.15, 0.2) is 72.0 Å². The predicted octanol–water partition coefficient (Wildman–Crippen LogP) is 6.44. The molecule has 2 aromatic carbocycles. The van der Waals surface area contributed by atoms with Crippen LogP contribution in [-0.4, -0.2) is 58.4 Å². The van der Waals surface area contributed by atoms with Crippen molar-refractivity contribution in [3.8, 4) is 0 Å². The minimum absolute atomic E-state index is 0.0721. The van der Waals surface area contributed by atoms with E-state index in [1.807, 2.05) is 10.9 Å². The number of esters is 1. The molecule has 0 spiro atoms. The van der Waals surface area contributed by atoms with E-state index in [0.29, 0.717) is 6.54 Å². The number of carbonyl (C=O) groups is 2. The maximum atomic E-state index is 11.0. The minimum Gasteiger partial charge on any atom is -0.478 e. The van der Waals surface area contributed by atoms with Crippen LogP contribution in [0.25, 0.3) is 0 Å². The molecule has 0 unspecified atom stereocenters. The molecule has 238 valence electrons. The van der Waals surface area contributed by atoms with Gasteiger partial charge in [-0.15, -0.1) is 0 Å². The first kappa shape index (κ1) is 37.5. The number of nitrogens with zero attached hydrogens (tertiary/aromatic N) is 2. The van der Waals surface area contributed by atoms with Crippen LogP contribution in [0.3, 0.4) is 0 Å². The van der Waals surface area contributed by atoms with E-state index in [2.05, 4.69) is 22.8 Å². The Morgan fingerprint density at radius 3 is 1.95 bits per heavy atom. The average molecular weight is 619 g/mol. The zero-order chi connectivity index (χ0) is 31.9. The zero-order valence-corrected chi connectivity index (χ0v) is 26.0. The Balaban J connectivity index is 0.000000345. The molecule has 0 saturated carbocycles. The number of imidazole rings is 1. The Morgan fingerprint density at radius 1 is 0.860 bits per heavy atom. The summed E-state index contributed by atoms with van der Waals surface area (Å²) in [6.45, 7) is 3.12. The lowest BCUT2D eigenvalue weighted by molar-refractivity contribution is 0.0600. The number of carbonyl (C=O) groups excluding carboxylic acids is 1. The van der Waals surface area contributed by atoms with Crippen LogP contribution in [0.4, 0.5) is 0 Å². The van der Waals surface area contributed by atoms with Crippen LogP contribution in [0.2, 0.25) is 0 Å². The summed E-state index contributed by atoms with van der Waals surface area (Å²) in [4.78, 5) is 25.8. The molecular weight excluding hydrogens is 572 g/mol. The SMILES string of the molecule is CCCCCCCCCCCCc1cn(CCO)cn1.COC(=O)c1cccc(C(=O)O)c1.O=S(=O)(O)c1ccccc1. The average Bonchev–Trinajstić information content (AvgIpc) is 3.46. The maximum absolute atomic E-state index is 11.0. The van der Waals surface area contributed by atoms with Crippen molar-refractivity contribution in [1.82, 2.24) is 9.55 Å². The van der Waals surface area contributed by atoms with E-state index in [1.54, 1.807) is 18.2 Å². The van der Waals surface area contributed by atoms with Crippen molar-refractivity contribution < 1.29 is 37.5 Å². The van der Waals surface area contributed by atoms with Gasteiger partial charge in [0.2, 0.25) is 0 Å². The number of hydrogen-bond donors (Lipinski definition) is 3. The van der Waals surface area contributed by atoms with Gasteiger partial charge in [-0.2, -0.15) is 8.42 Å². The fourth-order valence-electron chi connectivity index (χ4n) is 4.06. The van der Waals surface area contributed by atoms with E-state index in [0.717, 1.165) is 12.1 Å². The van der Waals surface area contributed by atoms with Crippen molar-refractivity contribution in [1.29, 1.82) is 0 Å². The topological polar surface area (TPSA) is 156 Å². The van der Waals surface area contributed by atoms with E-state index in [4.69, 9.17) is 14.8 Å². The van der Waals surface area contributed by atoms with Gasteiger partial charge in [-0.3, -0.25) is 4.55 Å². The van der Waals surface area contributed by atoms with Crippen molar-refractivity contribution >= 4 is 22.1 Å². The highest BCUT2D eigenvalue weighted by atomic mass is 32.2. The van der Waals surface area contributed by atoms with Crippen molar-refractivity contribution in [2.75, 3.05) is 13.7 Å². The largest absolute Gasteiger partial charge is 0.478 e. The number of benzene rings is 2. The summed E-state index contributed by atoms with van der Waals surface area (Å²) in [6.07, 6.45) is 18.7. The van der Waals surface area contributed by atoms with Crippen LogP contribution in [0, 0.1) is 0 Å². The lowest BCUT2D eigenvalue weighted by Crippen LogP contribution is -2.03. The third kappa shape index (κ3) is 17.2. The lowest BCUT2D eigenvalue weighted by Gasteiger charge is -2.01. The Bertz CT molecular complexity index is 1290. The molecule has 0 atom stereocenters. The first-order chi connectivity index (χ1) is 20.6. The van der Waals surface area contributed by atoms with Crippen molar-refractivity contribution in [3.05, 3.63) is 83.9 Å². The van der Waals surface area contributed by atoms with E-state index in [9.17, 15) is 18.0 Å². The summed E-state index contributed by atoms with van der Waals surface area (Å²) in [5, 5.41) is 17.5. The molecule has 0 aliphatic heterocycles. The van der Waals surface area contributed by atoms with Crippen LogP contribution >= 0.6 is 0 Å². The smallest absolute Gasteiger partial charge is 0.337 e. The normalized spacial score (nSPS) is 10.6. The van der Waals surface area contributed by atoms with E-state index >= 15 is 0 Å². The van der Waals surface area contributed by atoms with Crippen LogP contribution in [0.1, 0.15) is 97.5 Å². The molecule has 0 radical (unpaired) electrons. The molecule has 0 aliphatic carbocycles. The van der Waals surface area contributed by atoms with Crippen molar-refractivity contribution in [2.24, 2.45) is 0 Å². The van der Waals surface area contributed by atoms with E-state index in [-0.39, 0.29) is 22.6 Å². The molecule has 1 heterocycles. The van der Waals surface area contributed by atoms with E-state index in [1.165, 1.54) is 108 Å². The van der Waals surface area contributed by atoms with Gasteiger partial charge in [-0.05, 0) is 43.2 Å². The number of aliphatic hydroxyl groups is 1. The summed E-state index contributed by atoms with van der Waals surface area (Å²) in [6, 6.07) is 13.1. The van der Waals surface area contributed by atoms with Gasteiger partial charge in [0.1, 0.15) is 0 Å². The highest BCUT2D eigenvalue weighted by Crippen LogP contribution is 2.12. The summed E-state index contributed by atoms with van der Waals surface area (Å²) in [5.74, 6) is -1.60. The summed E-state index contributed by atoms with van der Waals surface area (Å²) < 4.78 is 35.6. The van der Waals surface area contributed by atoms with Crippen molar-refractivity contribution in [3.63, 3.8) is 0 Å². The number of methoxy groups -OCH3 is 1. The number of carboxylic acids is 1. The third-order valence-electron chi connectivity index (χ3n) is 6.40. The number of aromatic carboxylic acids is 1. The molecule has 0 amide bonds. The molecule has 0 bridgehead atoms. The summed E-state index contributed by atoms with van der Waals surface area (Å²) >= 11 is 0. The number of aliphatic hydroxyl groups excluding tert-OH is 1. The third-order valence-corrected chi connectivity index (χ3v) is 7.27. The number of carboxylic acid groups (broad SMARTS) is 1. The zero-order valence-electron chi connectivity index (χ0n) is 25.2. The summed E-state index contributed by atoms with van der Waals surface area (Å²) in [7, 11) is -2.76. The fraction of sp³-hybridized carbons (Fsp3) is 0.469.